The Morgan fingerprint density at radius 1 is 1.10 bits per heavy atom. The zero-order valence-electron chi connectivity index (χ0n) is 16.6. The van der Waals surface area contributed by atoms with E-state index in [0.29, 0.717) is 18.3 Å². The molecule has 1 amide bonds. The van der Waals surface area contributed by atoms with Crippen molar-refractivity contribution in [3.63, 3.8) is 0 Å². The van der Waals surface area contributed by atoms with Crippen LogP contribution in [0.1, 0.15) is 18.2 Å². The highest BCUT2D eigenvalue weighted by molar-refractivity contribution is 7.22. The van der Waals surface area contributed by atoms with E-state index in [4.69, 9.17) is 9.72 Å². The maximum Gasteiger partial charge on any atom is 0.253 e. The number of benzene rings is 2. The number of carbonyl (C=O) groups excluding carboxylic acids is 1. The molecule has 4 aromatic rings. The lowest BCUT2D eigenvalue weighted by atomic mass is 10.2. The van der Waals surface area contributed by atoms with Crippen molar-refractivity contribution < 1.29 is 9.53 Å². The number of aromatic nitrogens is 2. The number of ether oxygens (including phenoxy) is 1. The Balaban J connectivity index is 1.66. The number of nitrogens with zero attached hydrogens (tertiary/aromatic N) is 3. The molecule has 0 bridgehead atoms. The molecule has 6 heteroatoms. The lowest BCUT2D eigenvalue weighted by Crippen LogP contribution is -2.29. The van der Waals surface area contributed by atoms with E-state index in [9.17, 15) is 4.79 Å². The van der Waals surface area contributed by atoms with Crippen LogP contribution in [0.2, 0.25) is 0 Å². The van der Waals surface area contributed by atoms with Gasteiger partial charge in [-0.25, -0.2) is 4.98 Å². The molecular formula is C24H21N3O2S. The number of thiazole rings is 1. The van der Waals surface area contributed by atoms with Crippen LogP contribution in [0.3, 0.4) is 0 Å². The van der Waals surface area contributed by atoms with Gasteiger partial charge in [0.05, 0.1) is 29.1 Å². The quantitative estimate of drug-likeness (QED) is 0.383. The fourth-order valence-electron chi connectivity index (χ4n) is 2.98. The molecule has 0 aliphatic heterocycles. The number of anilines is 1. The van der Waals surface area contributed by atoms with Crippen LogP contribution in [-0.4, -0.2) is 22.5 Å². The molecule has 0 atom stereocenters. The molecule has 0 unspecified atom stereocenters. The minimum atomic E-state index is -0.145. The molecule has 0 aliphatic carbocycles. The average molecular weight is 416 g/mol. The summed E-state index contributed by atoms with van der Waals surface area (Å²) in [5, 5.41) is 0.631. The van der Waals surface area contributed by atoms with Crippen molar-refractivity contribution in [1.82, 2.24) is 9.97 Å². The van der Waals surface area contributed by atoms with E-state index in [1.54, 1.807) is 17.2 Å². The molecule has 0 fully saturated rings. The predicted molar refractivity (Wildman–Crippen MR) is 122 cm³/mol. The van der Waals surface area contributed by atoms with Gasteiger partial charge in [0.15, 0.2) is 5.13 Å². The number of amides is 1. The number of pyridine rings is 1. The Bertz CT molecular complexity index is 1160. The molecule has 0 saturated heterocycles. The van der Waals surface area contributed by atoms with E-state index < -0.39 is 0 Å². The number of hydrogen-bond donors (Lipinski definition) is 0. The minimum absolute atomic E-state index is 0.145. The lowest BCUT2D eigenvalue weighted by molar-refractivity contribution is -0.114. The number of carbonyl (C=O) groups is 1. The SMILES string of the molecule is CCOc1ccc2nc(N(Cc3ccccn3)C(=O)C=Cc3ccccc3)sc2c1. The second kappa shape index (κ2) is 9.33. The molecular weight excluding hydrogens is 394 g/mol. The molecule has 30 heavy (non-hydrogen) atoms. The number of hydrogen-bond acceptors (Lipinski definition) is 5. The van der Waals surface area contributed by atoms with Crippen LogP contribution in [0, 0.1) is 0 Å². The van der Waals surface area contributed by atoms with Crippen molar-refractivity contribution in [2.75, 3.05) is 11.5 Å². The van der Waals surface area contributed by atoms with Gasteiger partial charge in [0.1, 0.15) is 5.75 Å². The summed E-state index contributed by atoms with van der Waals surface area (Å²) >= 11 is 1.47. The van der Waals surface area contributed by atoms with E-state index in [1.807, 2.05) is 79.7 Å². The second-order valence-electron chi connectivity index (χ2n) is 6.55. The molecule has 4 rings (SSSR count). The fraction of sp³-hybridized carbons (Fsp3) is 0.125. The van der Waals surface area contributed by atoms with Crippen molar-refractivity contribution in [2.45, 2.75) is 13.5 Å². The summed E-state index contributed by atoms with van der Waals surface area (Å²) in [5.41, 5.74) is 2.60. The van der Waals surface area contributed by atoms with Gasteiger partial charge in [-0.1, -0.05) is 47.7 Å². The van der Waals surface area contributed by atoms with Gasteiger partial charge in [-0.3, -0.25) is 14.7 Å². The average Bonchev–Trinajstić information content (AvgIpc) is 3.20. The summed E-state index contributed by atoms with van der Waals surface area (Å²) in [7, 11) is 0. The van der Waals surface area contributed by atoms with Gasteiger partial charge in [0, 0.05) is 12.3 Å². The van der Waals surface area contributed by atoms with Gasteiger partial charge < -0.3 is 4.74 Å². The third kappa shape index (κ3) is 4.72. The zero-order chi connectivity index (χ0) is 20.8. The number of rotatable bonds is 7. The molecule has 0 N–H and O–H groups in total. The molecule has 0 aliphatic rings. The first kappa shape index (κ1) is 19.8. The van der Waals surface area contributed by atoms with E-state index in [2.05, 4.69) is 4.98 Å². The van der Waals surface area contributed by atoms with E-state index in [0.717, 1.165) is 27.2 Å². The van der Waals surface area contributed by atoms with Crippen LogP contribution in [0.25, 0.3) is 16.3 Å². The fourth-order valence-corrected chi connectivity index (χ4v) is 3.98. The maximum absolute atomic E-state index is 13.1. The summed E-state index contributed by atoms with van der Waals surface area (Å²) in [6, 6.07) is 21.2. The molecule has 2 aromatic carbocycles. The predicted octanol–water partition coefficient (Wildman–Crippen LogP) is 5.34. The number of fused-ring (bicyclic) bond motifs is 1. The molecule has 5 nitrogen and oxygen atoms in total. The lowest BCUT2D eigenvalue weighted by Gasteiger charge is -2.17. The van der Waals surface area contributed by atoms with E-state index in [1.165, 1.54) is 11.3 Å². The van der Waals surface area contributed by atoms with Crippen molar-refractivity contribution in [1.29, 1.82) is 0 Å². The molecule has 2 aromatic heterocycles. The Labute approximate surface area is 179 Å². The van der Waals surface area contributed by atoms with E-state index in [-0.39, 0.29) is 5.91 Å². The van der Waals surface area contributed by atoms with Crippen LogP contribution in [0.5, 0.6) is 5.75 Å². The van der Waals surface area contributed by atoms with Crippen LogP contribution in [0.15, 0.2) is 79.0 Å². The summed E-state index contributed by atoms with van der Waals surface area (Å²) in [4.78, 5) is 23.8. The molecule has 0 radical (unpaired) electrons. The van der Waals surface area contributed by atoms with Gasteiger partial charge in [0.2, 0.25) is 0 Å². The normalized spacial score (nSPS) is 11.1. The van der Waals surface area contributed by atoms with Gasteiger partial charge in [0.25, 0.3) is 5.91 Å². The highest BCUT2D eigenvalue weighted by Crippen LogP contribution is 2.32. The van der Waals surface area contributed by atoms with Gasteiger partial charge in [-0.05, 0) is 48.9 Å². The highest BCUT2D eigenvalue weighted by Gasteiger charge is 2.19. The zero-order valence-corrected chi connectivity index (χ0v) is 17.4. The highest BCUT2D eigenvalue weighted by atomic mass is 32.1. The largest absolute Gasteiger partial charge is 0.494 e. The second-order valence-corrected chi connectivity index (χ2v) is 7.56. The van der Waals surface area contributed by atoms with Crippen molar-refractivity contribution in [3.05, 3.63) is 90.3 Å². The van der Waals surface area contributed by atoms with Gasteiger partial charge >= 0.3 is 0 Å². The molecule has 0 spiro atoms. The topological polar surface area (TPSA) is 55.3 Å². The smallest absolute Gasteiger partial charge is 0.253 e. The summed E-state index contributed by atoms with van der Waals surface area (Å²) < 4.78 is 6.57. The molecule has 150 valence electrons. The third-order valence-corrected chi connectivity index (χ3v) is 5.46. The van der Waals surface area contributed by atoms with E-state index >= 15 is 0 Å². The maximum atomic E-state index is 13.1. The Morgan fingerprint density at radius 3 is 2.70 bits per heavy atom. The van der Waals surface area contributed by atoms with Crippen molar-refractivity contribution in [3.8, 4) is 5.75 Å². The summed E-state index contributed by atoms with van der Waals surface area (Å²) in [6.07, 6.45) is 5.12. The first-order chi connectivity index (χ1) is 14.7. The monoisotopic (exact) mass is 415 g/mol. The van der Waals surface area contributed by atoms with Gasteiger partial charge in [-0.2, -0.15) is 0 Å². The van der Waals surface area contributed by atoms with Crippen LogP contribution in [0.4, 0.5) is 5.13 Å². The minimum Gasteiger partial charge on any atom is -0.494 e. The standard InChI is InChI=1S/C24H21N3O2S/c1-2-29-20-12-13-21-22(16-20)30-24(26-21)27(17-19-10-6-7-15-25-19)23(28)14-11-18-8-4-3-5-9-18/h3-16H,2,17H2,1H3. The summed E-state index contributed by atoms with van der Waals surface area (Å²) in [6.45, 7) is 2.90. The molecule has 2 heterocycles. The Kier molecular flexibility index (Phi) is 6.15. The van der Waals surface area contributed by atoms with Crippen LogP contribution >= 0.6 is 11.3 Å². The summed E-state index contributed by atoms with van der Waals surface area (Å²) in [5.74, 6) is 0.653. The van der Waals surface area contributed by atoms with Crippen molar-refractivity contribution >= 4 is 38.7 Å². The van der Waals surface area contributed by atoms with Gasteiger partial charge in [-0.15, -0.1) is 0 Å². The Morgan fingerprint density at radius 2 is 1.93 bits per heavy atom. The Hall–Kier alpha value is -3.51. The first-order valence-corrected chi connectivity index (χ1v) is 10.5. The van der Waals surface area contributed by atoms with Crippen molar-refractivity contribution in [2.24, 2.45) is 0 Å². The molecule has 0 saturated carbocycles. The van der Waals surface area contributed by atoms with Crippen LogP contribution < -0.4 is 9.64 Å². The third-order valence-electron chi connectivity index (χ3n) is 4.42. The first-order valence-electron chi connectivity index (χ1n) is 9.71. The van der Waals surface area contributed by atoms with Crippen LogP contribution in [-0.2, 0) is 11.3 Å².